The molecule has 0 unspecified atom stereocenters. The minimum Gasteiger partial charge on any atom is -0.478 e. The second-order valence-electron chi connectivity index (χ2n) is 4.46. The minimum atomic E-state index is 0.452. The Labute approximate surface area is 124 Å². The Kier molecular flexibility index (Phi) is 5.46. The van der Waals surface area contributed by atoms with E-state index in [4.69, 9.17) is 9.47 Å². The molecule has 4 heteroatoms. The molecular weight excluding hydrogens is 266 g/mol. The van der Waals surface area contributed by atoms with Crippen LogP contribution in [0.5, 0.6) is 5.88 Å². The molecule has 0 atom stereocenters. The first-order valence-electron chi connectivity index (χ1n) is 7.04. The van der Waals surface area contributed by atoms with Gasteiger partial charge in [0.05, 0.1) is 13.2 Å². The number of benzene rings is 1. The summed E-state index contributed by atoms with van der Waals surface area (Å²) in [6, 6.07) is 9.39. The van der Waals surface area contributed by atoms with Gasteiger partial charge in [0.15, 0.2) is 0 Å². The number of aldehydes is 1. The first-order valence-corrected chi connectivity index (χ1v) is 7.04. The van der Waals surface area contributed by atoms with Crippen LogP contribution in [0, 0.1) is 0 Å². The summed E-state index contributed by atoms with van der Waals surface area (Å²) >= 11 is 0. The topological polar surface area (TPSA) is 48.4 Å². The van der Waals surface area contributed by atoms with Crippen molar-refractivity contribution in [1.29, 1.82) is 0 Å². The van der Waals surface area contributed by atoms with Gasteiger partial charge in [-0.05, 0) is 43.2 Å². The van der Waals surface area contributed by atoms with Crippen molar-refractivity contribution in [3.63, 3.8) is 0 Å². The van der Waals surface area contributed by atoms with Gasteiger partial charge in [-0.2, -0.15) is 0 Å². The van der Waals surface area contributed by atoms with E-state index < -0.39 is 0 Å². The summed E-state index contributed by atoms with van der Waals surface area (Å²) in [6.07, 6.45) is 2.54. The summed E-state index contributed by atoms with van der Waals surface area (Å²) in [7, 11) is 0. The van der Waals surface area contributed by atoms with Crippen LogP contribution < -0.4 is 4.74 Å². The summed E-state index contributed by atoms with van der Waals surface area (Å²) in [5.41, 5.74) is 3.47. The smallest absolute Gasteiger partial charge is 0.221 e. The number of ether oxygens (including phenoxy) is 2. The fraction of sp³-hybridized carbons (Fsp3) is 0.294. The summed E-state index contributed by atoms with van der Waals surface area (Å²) in [6.45, 7) is 5.50. The molecule has 21 heavy (non-hydrogen) atoms. The Bertz CT molecular complexity index is 611. The van der Waals surface area contributed by atoms with E-state index >= 15 is 0 Å². The highest BCUT2D eigenvalue weighted by Gasteiger charge is 2.12. The average molecular weight is 285 g/mol. The van der Waals surface area contributed by atoms with E-state index in [2.05, 4.69) is 4.98 Å². The fourth-order valence-electron chi connectivity index (χ4n) is 2.13. The molecule has 0 spiro atoms. The Morgan fingerprint density at radius 3 is 2.71 bits per heavy atom. The van der Waals surface area contributed by atoms with E-state index in [0.29, 0.717) is 31.3 Å². The van der Waals surface area contributed by atoms with Crippen molar-refractivity contribution in [2.45, 2.75) is 20.5 Å². The summed E-state index contributed by atoms with van der Waals surface area (Å²) < 4.78 is 11.1. The van der Waals surface area contributed by atoms with Crippen LogP contribution in [0.1, 0.15) is 29.8 Å². The van der Waals surface area contributed by atoms with Crippen LogP contribution in [-0.2, 0) is 11.3 Å². The van der Waals surface area contributed by atoms with Gasteiger partial charge in [-0.3, -0.25) is 4.79 Å². The standard InChI is InChI=1S/C17H19NO3/c1-3-20-12-14-10-13(11-19)7-8-15(14)16-6-5-9-18-17(16)21-4-2/h5-11H,3-4,12H2,1-2H3. The van der Waals surface area contributed by atoms with Crippen molar-refractivity contribution in [2.75, 3.05) is 13.2 Å². The monoisotopic (exact) mass is 285 g/mol. The van der Waals surface area contributed by atoms with Crippen molar-refractivity contribution in [3.8, 4) is 17.0 Å². The van der Waals surface area contributed by atoms with Gasteiger partial charge in [0, 0.05) is 23.9 Å². The normalized spacial score (nSPS) is 10.4. The van der Waals surface area contributed by atoms with Gasteiger partial charge in [-0.15, -0.1) is 0 Å². The predicted molar refractivity (Wildman–Crippen MR) is 81.6 cm³/mol. The van der Waals surface area contributed by atoms with Crippen LogP contribution in [0.3, 0.4) is 0 Å². The van der Waals surface area contributed by atoms with E-state index in [-0.39, 0.29) is 0 Å². The van der Waals surface area contributed by atoms with Crippen molar-refractivity contribution < 1.29 is 14.3 Å². The molecule has 1 heterocycles. The third-order valence-electron chi connectivity index (χ3n) is 3.07. The van der Waals surface area contributed by atoms with Crippen molar-refractivity contribution >= 4 is 6.29 Å². The molecular formula is C17H19NO3. The van der Waals surface area contributed by atoms with Crippen LogP contribution in [0.2, 0.25) is 0 Å². The van der Waals surface area contributed by atoms with E-state index in [9.17, 15) is 4.79 Å². The van der Waals surface area contributed by atoms with Crippen molar-refractivity contribution in [2.24, 2.45) is 0 Å². The van der Waals surface area contributed by atoms with Crippen LogP contribution in [0.25, 0.3) is 11.1 Å². The number of pyridine rings is 1. The second-order valence-corrected chi connectivity index (χ2v) is 4.46. The first kappa shape index (κ1) is 15.2. The van der Waals surface area contributed by atoms with Gasteiger partial charge in [-0.25, -0.2) is 4.98 Å². The van der Waals surface area contributed by atoms with Gasteiger partial charge in [0.25, 0.3) is 0 Å². The summed E-state index contributed by atoms with van der Waals surface area (Å²) in [5, 5.41) is 0. The Morgan fingerprint density at radius 2 is 2.00 bits per heavy atom. The number of carbonyl (C=O) groups is 1. The molecule has 0 saturated carbocycles. The summed E-state index contributed by atoms with van der Waals surface area (Å²) in [4.78, 5) is 15.2. The third-order valence-corrected chi connectivity index (χ3v) is 3.07. The van der Waals surface area contributed by atoms with E-state index in [1.807, 2.05) is 38.1 Å². The number of aromatic nitrogens is 1. The molecule has 0 radical (unpaired) electrons. The molecule has 1 aromatic carbocycles. The van der Waals surface area contributed by atoms with Crippen molar-refractivity contribution in [3.05, 3.63) is 47.7 Å². The van der Waals surface area contributed by atoms with Crippen molar-refractivity contribution in [1.82, 2.24) is 4.98 Å². The zero-order valence-corrected chi connectivity index (χ0v) is 12.3. The van der Waals surface area contributed by atoms with Crippen LogP contribution in [-0.4, -0.2) is 24.5 Å². The maximum absolute atomic E-state index is 11.0. The number of rotatable bonds is 7. The number of carbonyl (C=O) groups excluding carboxylic acids is 1. The number of nitrogens with zero attached hydrogens (tertiary/aromatic N) is 1. The highest BCUT2D eigenvalue weighted by atomic mass is 16.5. The Hall–Kier alpha value is -2.20. The molecule has 0 fully saturated rings. The van der Waals surface area contributed by atoms with E-state index in [0.717, 1.165) is 23.0 Å². The Balaban J connectivity index is 2.49. The second kappa shape index (κ2) is 7.55. The predicted octanol–water partition coefficient (Wildman–Crippen LogP) is 3.50. The van der Waals surface area contributed by atoms with Crippen LogP contribution in [0.15, 0.2) is 36.5 Å². The lowest BCUT2D eigenvalue weighted by atomic mass is 9.99. The molecule has 4 nitrogen and oxygen atoms in total. The highest BCUT2D eigenvalue weighted by Crippen LogP contribution is 2.31. The summed E-state index contributed by atoms with van der Waals surface area (Å²) in [5.74, 6) is 0.594. The number of hydrogen-bond acceptors (Lipinski definition) is 4. The van der Waals surface area contributed by atoms with Gasteiger partial charge >= 0.3 is 0 Å². The molecule has 0 N–H and O–H groups in total. The lowest BCUT2D eigenvalue weighted by Crippen LogP contribution is -2.00. The largest absolute Gasteiger partial charge is 0.478 e. The van der Waals surface area contributed by atoms with Gasteiger partial charge in [0.2, 0.25) is 5.88 Å². The molecule has 0 aliphatic heterocycles. The molecule has 0 aliphatic carbocycles. The maximum Gasteiger partial charge on any atom is 0.221 e. The average Bonchev–Trinajstić information content (AvgIpc) is 2.53. The van der Waals surface area contributed by atoms with E-state index in [1.165, 1.54) is 0 Å². The molecule has 0 saturated heterocycles. The van der Waals surface area contributed by atoms with E-state index in [1.54, 1.807) is 12.3 Å². The van der Waals surface area contributed by atoms with Gasteiger partial charge in [-0.1, -0.05) is 12.1 Å². The van der Waals surface area contributed by atoms with Crippen LogP contribution >= 0.6 is 0 Å². The molecule has 0 amide bonds. The third kappa shape index (κ3) is 3.67. The minimum absolute atomic E-state index is 0.452. The maximum atomic E-state index is 11.0. The quantitative estimate of drug-likeness (QED) is 0.731. The molecule has 2 rings (SSSR count). The molecule has 0 bridgehead atoms. The first-order chi connectivity index (χ1) is 10.3. The zero-order valence-electron chi connectivity index (χ0n) is 12.3. The fourth-order valence-corrected chi connectivity index (χ4v) is 2.13. The number of hydrogen-bond donors (Lipinski definition) is 0. The lowest BCUT2D eigenvalue weighted by Gasteiger charge is -2.13. The molecule has 1 aromatic heterocycles. The Morgan fingerprint density at radius 1 is 1.14 bits per heavy atom. The molecule has 2 aromatic rings. The van der Waals surface area contributed by atoms with Gasteiger partial charge < -0.3 is 9.47 Å². The zero-order chi connectivity index (χ0) is 15.1. The molecule has 110 valence electrons. The highest BCUT2D eigenvalue weighted by molar-refractivity contribution is 5.79. The van der Waals surface area contributed by atoms with Gasteiger partial charge in [0.1, 0.15) is 6.29 Å². The van der Waals surface area contributed by atoms with Crippen LogP contribution in [0.4, 0.5) is 0 Å². The lowest BCUT2D eigenvalue weighted by molar-refractivity contribution is 0.112. The SMILES string of the molecule is CCOCc1cc(C=O)ccc1-c1cccnc1OCC. The molecule has 0 aliphatic rings.